The average Bonchev–Trinajstić information content (AvgIpc) is 2.45. The van der Waals surface area contributed by atoms with Crippen LogP contribution < -0.4 is 15.4 Å². The minimum atomic E-state index is -0.152. The Labute approximate surface area is 134 Å². The van der Waals surface area contributed by atoms with E-state index in [2.05, 4.69) is 15.5 Å². The molecule has 1 aliphatic rings. The molecule has 1 heterocycles. The van der Waals surface area contributed by atoms with E-state index >= 15 is 0 Å². The number of amides is 1. The van der Waals surface area contributed by atoms with Gasteiger partial charge in [-0.2, -0.15) is 0 Å². The van der Waals surface area contributed by atoms with E-state index in [1.54, 1.807) is 18.2 Å². The summed E-state index contributed by atoms with van der Waals surface area (Å²) in [5.74, 6) is 0.339. The Balaban J connectivity index is 1.65. The van der Waals surface area contributed by atoms with E-state index < -0.39 is 0 Å². The maximum absolute atomic E-state index is 11.7. The predicted octanol–water partition coefficient (Wildman–Crippen LogP) is 1.39. The third-order valence-electron chi connectivity index (χ3n) is 3.17. The van der Waals surface area contributed by atoms with Gasteiger partial charge in [-0.25, -0.2) is 0 Å². The molecule has 0 radical (unpaired) electrons. The fourth-order valence-corrected chi connectivity index (χ4v) is 2.61. The largest absolute Gasteiger partial charge is 0.484 e. The number of hydrogen-bond acceptors (Lipinski definition) is 4. The lowest BCUT2D eigenvalue weighted by Crippen LogP contribution is -2.46. The van der Waals surface area contributed by atoms with Gasteiger partial charge in [-0.3, -0.25) is 9.69 Å². The van der Waals surface area contributed by atoms with Gasteiger partial charge in [0.2, 0.25) is 0 Å². The van der Waals surface area contributed by atoms with Gasteiger partial charge in [0.1, 0.15) is 5.75 Å². The maximum atomic E-state index is 11.7. The number of benzene rings is 1. The molecule has 0 atom stereocenters. The Morgan fingerprint density at radius 1 is 1.24 bits per heavy atom. The molecule has 5 nitrogen and oxygen atoms in total. The molecule has 7 heteroatoms. The van der Waals surface area contributed by atoms with Gasteiger partial charge in [0.25, 0.3) is 5.91 Å². The number of hydrogen-bond donors (Lipinski definition) is 2. The second-order valence-electron chi connectivity index (χ2n) is 4.84. The Morgan fingerprint density at radius 2 is 1.90 bits per heavy atom. The molecular weight excluding hydrogens is 313 g/mol. The van der Waals surface area contributed by atoms with Gasteiger partial charge in [0.05, 0.1) is 0 Å². The van der Waals surface area contributed by atoms with Gasteiger partial charge in [0, 0.05) is 49.3 Å². The number of rotatable bonds is 6. The van der Waals surface area contributed by atoms with E-state index in [0.717, 1.165) is 32.7 Å². The molecule has 1 aliphatic heterocycles. The number of halogens is 2. The summed E-state index contributed by atoms with van der Waals surface area (Å²) in [6.07, 6.45) is 0. The molecule has 1 saturated heterocycles. The van der Waals surface area contributed by atoms with Gasteiger partial charge in [-0.1, -0.05) is 23.2 Å². The lowest BCUT2D eigenvalue weighted by molar-refractivity contribution is -0.123. The quantitative estimate of drug-likeness (QED) is 0.827. The summed E-state index contributed by atoms with van der Waals surface area (Å²) in [6.45, 7) is 5.49. The van der Waals surface area contributed by atoms with Crippen molar-refractivity contribution in [2.45, 2.75) is 0 Å². The van der Waals surface area contributed by atoms with E-state index in [1.165, 1.54) is 0 Å². The molecule has 1 fully saturated rings. The molecule has 0 unspecified atom stereocenters. The topological polar surface area (TPSA) is 53.6 Å². The zero-order valence-corrected chi connectivity index (χ0v) is 13.2. The van der Waals surface area contributed by atoms with Crippen molar-refractivity contribution in [2.75, 3.05) is 45.9 Å². The average molecular weight is 332 g/mol. The van der Waals surface area contributed by atoms with Crippen LogP contribution in [0.4, 0.5) is 0 Å². The van der Waals surface area contributed by atoms with E-state index in [0.29, 0.717) is 22.3 Å². The Morgan fingerprint density at radius 3 is 2.57 bits per heavy atom. The summed E-state index contributed by atoms with van der Waals surface area (Å²) in [7, 11) is 0. The first-order valence-corrected chi connectivity index (χ1v) is 7.68. The van der Waals surface area contributed by atoms with Crippen LogP contribution in [-0.2, 0) is 4.79 Å². The first-order valence-electron chi connectivity index (χ1n) is 6.92. The summed E-state index contributed by atoms with van der Waals surface area (Å²) < 4.78 is 5.37. The van der Waals surface area contributed by atoms with Crippen LogP contribution in [-0.4, -0.2) is 56.7 Å². The molecule has 0 aromatic heterocycles. The van der Waals surface area contributed by atoms with Crippen LogP contribution in [0.25, 0.3) is 0 Å². The molecule has 1 aromatic carbocycles. The minimum Gasteiger partial charge on any atom is -0.484 e. The number of piperazine rings is 1. The van der Waals surface area contributed by atoms with E-state index in [4.69, 9.17) is 27.9 Å². The highest BCUT2D eigenvalue weighted by Crippen LogP contribution is 2.23. The SMILES string of the molecule is O=C(COc1cc(Cl)cc(Cl)c1)NCCN1CCNCC1. The maximum Gasteiger partial charge on any atom is 0.257 e. The van der Waals surface area contributed by atoms with Crippen LogP contribution in [0.2, 0.25) is 10.0 Å². The first kappa shape index (κ1) is 16.4. The minimum absolute atomic E-state index is 0.0434. The zero-order valence-electron chi connectivity index (χ0n) is 11.7. The lowest BCUT2D eigenvalue weighted by Gasteiger charge is -2.27. The van der Waals surface area contributed by atoms with E-state index in [1.807, 2.05) is 0 Å². The van der Waals surface area contributed by atoms with Crippen molar-refractivity contribution in [1.82, 2.24) is 15.5 Å². The van der Waals surface area contributed by atoms with Crippen LogP contribution in [0.5, 0.6) is 5.75 Å². The molecular formula is C14H19Cl2N3O2. The summed E-state index contributed by atoms with van der Waals surface area (Å²) in [5, 5.41) is 7.09. The van der Waals surface area contributed by atoms with Crippen molar-refractivity contribution in [1.29, 1.82) is 0 Å². The van der Waals surface area contributed by atoms with Gasteiger partial charge in [-0.05, 0) is 18.2 Å². The number of nitrogens with one attached hydrogen (secondary N) is 2. The third-order valence-corrected chi connectivity index (χ3v) is 3.60. The van der Waals surface area contributed by atoms with Gasteiger partial charge >= 0.3 is 0 Å². The van der Waals surface area contributed by atoms with Crippen molar-refractivity contribution < 1.29 is 9.53 Å². The molecule has 21 heavy (non-hydrogen) atoms. The third kappa shape index (κ3) is 6.09. The second kappa shape index (κ2) is 8.44. The molecule has 0 bridgehead atoms. The Hall–Kier alpha value is -1.01. The number of carbonyl (C=O) groups excluding carboxylic acids is 1. The van der Waals surface area contributed by atoms with Crippen molar-refractivity contribution in [3.8, 4) is 5.75 Å². The lowest BCUT2D eigenvalue weighted by atomic mass is 10.3. The standard InChI is InChI=1S/C14H19Cl2N3O2/c15-11-7-12(16)9-13(8-11)21-10-14(20)18-3-6-19-4-1-17-2-5-19/h7-9,17H,1-6,10H2,(H,18,20). The van der Waals surface area contributed by atoms with Crippen LogP contribution in [0.3, 0.4) is 0 Å². The summed E-state index contributed by atoms with van der Waals surface area (Å²) in [5.41, 5.74) is 0. The van der Waals surface area contributed by atoms with Gasteiger partial charge in [-0.15, -0.1) is 0 Å². The van der Waals surface area contributed by atoms with Crippen molar-refractivity contribution in [2.24, 2.45) is 0 Å². The van der Waals surface area contributed by atoms with Crippen molar-refractivity contribution in [3.05, 3.63) is 28.2 Å². The molecule has 1 amide bonds. The molecule has 116 valence electrons. The highest BCUT2D eigenvalue weighted by atomic mass is 35.5. The molecule has 0 aliphatic carbocycles. The number of nitrogens with zero attached hydrogens (tertiary/aromatic N) is 1. The highest BCUT2D eigenvalue weighted by Gasteiger charge is 2.09. The summed E-state index contributed by atoms with van der Waals surface area (Å²) in [4.78, 5) is 14.0. The monoisotopic (exact) mass is 331 g/mol. The molecule has 2 rings (SSSR count). The normalized spacial score (nSPS) is 15.7. The van der Waals surface area contributed by atoms with E-state index in [9.17, 15) is 4.79 Å². The van der Waals surface area contributed by atoms with Crippen LogP contribution in [0.1, 0.15) is 0 Å². The highest BCUT2D eigenvalue weighted by molar-refractivity contribution is 6.34. The number of carbonyl (C=O) groups is 1. The molecule has 2 N–H and O–H groups in total. The van der Waals surface area contributed by atoms with E-state index in [-0.39, 0.29) is 12.5 Å². The summed E-state index contributed by atoms with van der Waals surface area (Å²) in [6, 6.07) is 4.87. The molecule has 0 spiro atoms. The zero-order chi connectivity index (χ0) is 15.1. The fraction of sp³-hybridized carbons (Fsp3) is 0.500. The second-order valence-corrected chi connectivity index (χ2v) is 5.71. The molecule has 1 aromatic rings. The Bertz CT molecular complexity index is 459. The Kier molecular flexibility index (Phi) is 6.57. The van der Waals surface area contributed by atoms with Gasteiger partial charge in [0.15, 0.2) is 6.61 Å². The molecule has 0 saturated carbocycles. The number of ether oxygens (including phenoxy) is 1. The van der Waals surface area contributed by atoms with Crippen LogP contribution in [0, 0.1) is 0 Å². The first-order chi connectivity index (χ1) is 10.1. The smallest absolute Gasteiger partial charge is 0.257 e. The van der Waals surface area contributed by atoms with Gasteiger partial charge < -0.3 is 15.4 Å². The van der Waals surface area contributed by atoms with Crippen molar-refractivity contribution >= 4 is 29.1 Å². The fourth-order valence-electron chi connectivity index (χ4n) is 2.10. The summed E-state index contributed by atoms with van der Waals surface area (Å²) >= 11 is 11.7. The van der Waals surface area contributed by atoms with Crippen molar-refractivity contribution in [3.63, 3.8) is 0 Å². The predicted molar refractivity (Wildman–Crippen MR) is 84.3 cm³/mol. The van der Waals surface area contributed by atoms with Crippen LogP contribution in [0.15, 0.2) is 18.2 Å². The van der Waals surface area contributed by atoms with Crippen LogP contribution >= 0.6 is 23.2 Å².